The van der Waals surface area contributed by atoms with E-state index in [0.29, 0.717) is 47.5 Å². The maximum absolute atomic E-state index is 13.5. The Labute approximate surface area is 220 Å². The highest BCUT2D eigenvalue weighted by Crippen LogP contribution is 2.41. The molecule has 7 rings (SSSR count). The Bertz CT molecular complexity index is 1600. The third-order valence-corrected chi connectivity index (χ3v) is 9.11. The molecule has 1 aliphatic carbocycles. The van der Waals surface area contributed by atoms with Gasteiger partial charge in [-0.2, -0.15) is 5.10 Å². The molecule has 3 aliphatic rings. The Balaban J connectivity index is 1.00. The molecular weight excluding hydrogens is 478 g/mol. The molecular formula is C30H31N5O3. The molecule has 2 aromatic carbocycles. The number of carbonyl (C=O) groups is 2. The highest BCUT2D eigenvalue weighted by molar-refractivity contribution is 6.00. The number of fused-ring (bicyclic) bond motifs is 4. The van der Waals surface area contributed by atoms with Gasteiger partial charge in [0.05, 0.1) is 17.1 Å². The number of nitrogens with zero attached hydrogens (tertiary/aromatic N) is 4. The van der Waals surface area contributed by atoms with E-state index < -0.39 is 0 Å². The Hall–Kier alpha value is -3.94. The van der Waals surface area contributed by atoms with Gasteiger partial charge in [-0.1, -0.05) is 36.4 Å². The predicted molar refractivity (Wildman–Crippen MR) is 144 cm³/mol. The molecule has 0 saturated carbocycles. The molecule has 4 heterocycles. The van der Waals surface area contributed by atoms with Crippen molar-refractivity contribution in [3.8, 4) is 0 Å². The number of nitrogens with one attached hydrogen (secondary N) is 1. The number of carbonyl (C=O) groups excluding carboxylic acids is 2. The summed E-state index contributed by atoms with van der Waals surface area (Å²) in [5, 5.41) is 4.97. The van der Waals surface area contributed by atoms with Crippen molar-refractivity contribution in [2.24, 2.45) is 11.3 Å². The number of rotatable bonds is 3. The zero-order valence-electron chi connectivity index (χ0n) is 21.4. The largest absolute Gasteiger partial charge is 0.343 e. The third kappa shape index (κ3) is 3.81. The van der Waals surface area contributed by atoms with Crippen molar-refractivity contribution in [1.29, 1.82) is 0 Å². The number of likely N-dealkylation sites (tertiary alicyclic amines) is 2. The van der Waals surface area contributed by atoms with Gasteiger partial charge in [0.25, 0.3) is 11.5 Å². The monoisotopic (exact) mass is 509 g/mol. The lowest BCUT2D eigenvalue weighted by atomic mass is 9.77. The van der Waals surface area contributed by atoms with Crippen LogP contribution >= 0.6 is 0 Å². The highest BCUT2D eigenvalue weighted by atomic mass is 16.2. The van der Waals surface area contributed by atoms with Gasteiger partial charge in [0, 0.05) is 32.6 Å². The number of aromatic nitrogens is 3. The number of piperidine rings is 1. The summed E-state index contributed by atoms with van der Waals surface area (Å²) in [6, 6.07) is 15.8. The van der Waals surface area contributed by atoms with E-state index in [0.717, 1.165) is 45.2 Å². The fraction of sp³-hybridized carbons (Fsp3) is 0.400. The molecule has 2 aromatic heterocycles. The van der Waals surface area contributed by atoms with Gasteiger partial charge in [0.2, 0.25) is 5.91 Å². The second kappa shape index (κ2) is 8.82. The van der Waals surface area contributed by atoms with Crippen LogP contribution in [0.25, 0.3) is 16.6 Å². The van der Waals surface area contributed by atoms with Crippen molar-refractivity contribution >= 4 is 28.4 Å². The zero-order valence-corrected chi connectivity index (χ0v) is 21.4. The quantitative estimate of drug-likeness (QED) is 0.458. The molecule has 2 aliphatic heterocycles. The summed E-state index contributed by atoms with van der Waals surface area (Å²) >= 11 is 0. The van der Waals surface area contributed by atoms with Crippen molar-refractivity contribution in [2.75, 3.05) is 26.2 Å². The normalized spacial score (nSPS) is 19.1. The lowest BCUT2D eigenvalue weighted by Crippen LogP contribution is -2.45. The van der Waals surface area contributed by atoms with Crippen LogP contribution in [0.15, 0.2) is 59.5 Å². The molecule has 8 heteroatoms. The minimum absolute atomic E-state index is 0.0547. The molecule has 194 valence electrons. The second-order valence-electron chi connectivity index (χ2n) is 11.4. The van der Waals surface area contributed by atoms with E-state index in [1.54, 1.807) is 16.8 Å². The number of hydrogen-bond acceptors (Lipinski definition) is 4. The van der Waals surface area contributed by atoms with Gasteiger partial charge in [-0.3, -0.25) is 14.4 Å². The molecule has 0 atom stereocenters. The van der Waals surface area contributed by atoms with Crippen molar-refractivity contribution < 1.29 is 9.59 Å². The van der Waals surface area contributed by atoms with E-state index in [4.69, 9.17) is 0 Å². The minimum Gasteiger partial charge on any atom is -0.343 e. The van der Waals surface area contributed by atoms with Crippen LogP contribution in [0, 0.1) is 11.3 Å². The van der Waals surface area contributed by atoms with E-state index in [1.165, 1.54) is 11.1 Å². The second-order valence-corrected chi connectivity index (χ2v) is 11.4. The first-order valence-electron chi connectivity index (χ1n) is 13.6. The average molecular weight is 510 g/mol. The minimum atomic E-state index is -0.223. The first-order chi connectivity index (χ1) is 18.5. The lowest BCUT2D eigenvalue weighted by Gasteiger charge is -2.39. The summed E-state index contributed by atoms with van der Waals surface area (Å²) in [7, 11) is 0. The molecule has 0 unspecified atom stereocenters. The van der Waals surface area contributed by atoms with Crippen LogP contribution in [0.2, 0.25) is 0 Å². The third-order valence-electron chi connectivity index (χ3n) is 9.11. The van der Waals surface area contributed by atoms with Gasteiger partial charge >= 0.3 is 0 Å². The standard InChI is InChI=1S/C30H31N5O3/c36-26(17-20-15-21-5-1-2-6-22(21)16-20)33-12-9-30(10-13-33)11-14-34(19-30)29(38)24-18-31-35-25-8-4-3-7-23(25)28(37)32-27(24)35/h1-8,18,20H,9-17,19H2,(H,32,37). The fourth-order valence-corrected chi connectivity index (χ4v) is 6.92. The van der Waals surface area contributed by atoms with Gasteiger partial charge < -0.3 is 14.8 Å². The summed E-state index contributed by atoms with van der Waals surface area (Å²) < 4.78 is 1.64. The zero-order chi connectivity index (χ0) is 25.9. The van der Waals surface area contributed by atoms with E-state index in [-0.39, 0.29) is 22.8 Å². The van der Waals surface area contributed by atoms with Crippen LogP contribution in [-0.2, 0) is 17.6 Å². The van der Waals surface area contributed by atoms with Gasteiger partial charge in [-0.15, -0.1) is 0 Å². The van der Waals surface area contributed by atoms with Crippen LogP contribution in [0.3, 0.4) is 0 Å². The predicted octanol–water partition coefficient (Wildman–Crippen LogP) is 3.44. The summed E-state index contributed by atoms with van der Waals surface area (Å²) in [4.78, 5) is 46.1. The van der Waals surface area contributed by atoms with E-state index >= 15 is 0 Å². The van der Waals surface area contributed by atoms with Gasteiger partial charge in [-0.25, -0.2) is 4.52 Å². The topological polar surface area (TPSA) is 90.8 Å². The number of aromatic amines is 1. The molecule has 1 spiro atoms. The van der Waals surface area contributed by atoms with E-state index in [2.05, 4.69) is 34.3 Å². The smallest absolute Gasteiger partial charge is 0.259 e. The molecule has 0 bridgehead atoms. The van der Waals surface area contributed by atoms with Gasteiger partial charge in [0.15, 0.2) is 0 Å². The Morgan fingerprint density at radius 3 is 2.32 bits per heavy atom. The first-order valence-corrected chi connectivity index (χ1v) is 13.6. The summed E-state index contributed by atoms with van der Waals surface area (Å²) in [6.45, 7) is 2.89. The highest BCUT2D eigenvalue weighted by Gasteiger charge is 2.43. The molecule has 8 nitrogen and oxygen atoms in total. The molecule has 2 fully saturated rings. The Morgan fingerprint density at radius 1 is 0.921 bits per heavy atom. The number of amides is 2. The maximum Gasteiger partial charge on any atom is 0.259 e. The fourth-order valence-electron chi connectivity index (χ4n) is 6.92. The van der Waals surface area contributed by atoms with Crippen LogP contribution in [0.1, 0.15) is 47.2 Å². The summed E-state index contributed by atoms with van der Waals surface area (Å²) in [5.74, 6) is 0.582. The summed E-state index contributed by atoms with van der Waals surface area (Å²) in [5.41, 5.74) is 4.16. The van der Waals surface area contributed by atoms with Crippen LogP contribution in [-0.4, -0.2) is 62.4 Å². The van der Waals surface area contributed by atoms with Crippen molar-refractivity contribution in [3.63, 3.8) is 0 Å². The van der Waals surface area contributed by atoms with Crippen molar-refractivity contribution in [2.45, 2.75) is 38.5 Å². The molecule has 1 N–H and O–H groups in total. The number of hydrogen-bond donors (Lipinski definition) is 1. The summed E-state index contributed by atoms with van der Waals surface area (Å²) in [6.07, 6.45) is 6.97. The van der Waals surface area contributed by atoms with Gasteiger partial charge in [0.1, 0.15) is 11.2 Å². The van der Waals surface area contributed by atoms with Crippen LogP contribution in [0.5, 0.6) is 0 Å². The number of para-hydroxylation sites is 1. The molecule has 4 aromatic rings. The molecule has 2 saturated heterocycles. The Morgan fingerprint density at radius 2 is 1.58 bits per heavy atom. The molecule has 2 amide bonds. The molecule has 0 radical (unpaired) electrons. The van der Waals surface area contributed by atoms with Crippen molar-refractivity contribution in [3.05, 3.63) is 81.8 Å². The lowest BCUT2D eigenvalue weighted by molar-refractivity contribution is -0.134. The Kier molecular flexibility index (Phi) is 5.39. The maximum atomic E-state index is 13.5. The SMILES string of the molecule is O=C(CC1Cc2ccccc2C1)N1CCC2(CC1)CCN(C(=O)c1cnn3c1[nH]c(=O)c1ccccc13)C2. The van der Waals surface area contributed by atoms with E-state index in [9.17, 15) is 14.4 Å². The number of benzene rings is 2. The van der Waals surface area contributed by atoms with Crippen LogP contribution < -0.4 is 5.56 Å². The average Bonchev–Trinajstić information content (AvgIpc) is 3.66. The van der Waals surface area contributed by atoms with Crippen LogP contribution in [0.4, 0.5) is 0 Å². The van der Waals surface area contributed by atoms with E-state index in [1.807, 2.05) is 28.0 Å². The first kappa shape index (κ1) is 23.2. The van der Waals surface area contributed by atoms with Gasteiger partial charge in [-0.05, 0) is 66.7 Å². The van der Waals surface area contributed by atoms with Crippen molar-refractivity contribution in [1.82, 2.24) is 24.4 Å². The number of H-pyrrole nitrogens is 1. The molecule has 38 heavy (non-hydrogen) atoms.